The van der Waals surface area contributed by atoms with Crippen LogP contribution in [0.15, 0.2) is 24.3 Å². The first kappa shape index (κ1) is 14.7. The molecule has 1 aromatic carbocycles. The number of alkyl halides is 2. The Hall–Kier alpha value is -1.41. The summed E-state index contributed by atoms with van der Waals surface area (Å²) in [6, 6.07) is 5.09. The van der Waals surface area contributed by atoms with Gasteiger partial charge in [0.25, 0.3) is 0 Å². The van der Waals surface area contributed by atoms with Crippen LogP contribution in [0.4, 0.5) is 14.5 Å². The SMILES string of the molecule is O=S(=O)(CCCO)Nc1ccc(OC(F)F)cc1. The molecule has 1 aromatic rings. The number of nitrogens with one attached hydrogen (secondary N) is 1. The van der Waals surface area contributed by atoms with Crippen molar-refractivity contribution in [3.8, 4) is 5.75 Å². The normalized spacial score (nSPS) is 11.6. The molecule has 0 radical (unpaired) electrons. The molecule has 0 saturated heterocycles. The molecule has 2 N–H and O–H groups in total. The number of anilines is 1. The van der Waals surface area contributed by atoms with Crippen LogP contribution in [0.1, 0.15) is 6.42 Å². The quantitative estimate of drug-likeness (QED) is 0.792. The van der Waals surface area contributed by atoms with Gasteiger partial charge in [-0.3, -0.25) is 4.72 Å². The summed E-state index contributed by atoms with van der Waals surface area (Å²) < 4.78 is 53.0. The molecular formula is C10H13F2NO4S. The number of sulfonamides is 1. The molecule has 5 nitrogen and oxygen atoms in total. The molecule has 0 aliphatic rings. The van der Waals surface area contributed by atoms with Crippen LogP contribution in [0.25, 0.3) is 0 Å². The number of aliphatic hydroxyl groups is 1. The van der Waals surface area contributed by atoms with Crippen molar-refractivity contribution in [1.82, 2.24) is 0 Å². The summed E-state index contributed by atoms with van der Waals surface area (Å²) in [5.74, 6) is -0.262. The molecule has 0 aliphatic heterocycles. The van der Waals surface area contributed by atoms with Crippen LogP contribution in [0.3, 0.4) is 0 Å². The van der Waals surface area contributed by atoms with Crippen molar-refractivity contribution in [2.75, 3.05) is 17.1 Å². The first-order valence-corrected chi connectivity index (χ1v) is 6.74. The first-order chi connectivity index (χ1) is 8.43. The van der Waals surface area contributed by atoms with E-state index in [9.17, 15) is 17.2 Å². The molecule has 0 atom stereocenters. The van der Waals surface area contributed by atoms with Crippen LogP contribution in [0.2, 0.25) is 0 Å². The molecule has 0 aromatic heterocycles. The molecule has 0 heterocycles. The average molecular weight is 281 g/mol. The Morgan fingerprint density at radius 3 is 2.39 bits per heavy atom. The number of benzene rings is 1. The van der Waals surface area contributed by atoms with Crippen LogP contribution < -0.4 is 9.46 Å². The molecule has 102 valence electrons. The standard InChI is InChI=1S/C10H13F2NO4S/c11-10(12)17-9-4-2-8(3-5-9)13-18(15,16)7-1-6-14/h2-5,10,13-14H,1,6-7H2. The van der Waals surface area contributed by atoms with Gasteiger partial charge in [-0.15, -0.1) is 0 Å². The second kappa shape index (κ2) is 6.50. The first-order valence-electron chi connectivity index (χ1n) is 5.09. The average Bonchev–Trinajstić information content (AvgIpc) is 2.28. The van der Waals surface area contributed by atoms with E-state index in [-0.39, 0.29) is 30.2 Å². The lowest BCUT2D eigenvalue weighted by atomic mass is 10.3. The monoisotopic (exact) mass is 281 g/mol. The summed E-state index contributed by atoms with van der Waals surface area (Å²) in [4.78, 5) is 0. The van der Waals surface area contributed by atoms with E-state index < -0.39 is 16.6 Å². The second-order valence-electron chi connectivity index (χ2n) is 3.40. The molecule has 0 bridgehead atoms. The molecule has 8 heteroatoms. The van der Waals surface area contributed by atoms with Gasteiger partial charge in [-0.1, -0.05) is 0 Å². The van der Waals surface area contributed by atoms with Crippen molar-refractivity contribution in [1.29, 1.82) is 0 Å². The fourth-order valence-electron chi connectivity index (χ4n) is 1.19. The van der Waals surface area contributed by atoms with E-state index in [0.717, 1.165) is 0 Å². The van der Waals surface area contributed by atoms with Gasteiger partial charge in [0.1, 0.15) is 5.75 Å². The number of hydrogen-bond donors (Lipinski definition) is 2. The largest absolute Gasteiger partial charge is 0.435 e. The predicted molar refractivity (Wildman–Crippen MR) is 62.2 cm³/mol. The Balaban J connectivity index is 2.63. The van der Waals surface area contributed by atoms with Crippen molar-refractivity contribution >= 4 is 15.7 Å². The highest BCUT2D eigenvalue weighted by Gasteiger charge is 2.10. The summed E-state index contributed by atoms with van der Waals surface area (Å²) in [6.07, 6.45) is 0.127. The number of aliphatic hydroxyl groups excluding tert-OH is 1. The second-order valence-corrected chi connectivity index (χ2v) is 5.24. The fraction of sp³-hybridized carbons (Fsp3) is 0.400. The number of hydrogen-bond acceptors (Lipinski definition) is 4. The third-order valence-electron chi connectivity index (χ3n) is 1.92. The Morgan fingerprint density at radius 1 is 1.28 bits per heavy atom. The molecule has 0 spiro atoms. The number of rotatable bonds is 7. The highest BCUT2D eigenvalue weighted by atomic mass is 32.2. The Bertz CT molecular complexity index is 461. The Morgan fingerprint density at radius 2 is 1.89 bits per heavy atom. The molecule has 0 saturated carbocycles. The highest BCUT2D eigenvalue weighted by Crippen LogP contribution is 2.18. The molecular weight excluding hydrogens is 268 g/mol. The molecule has 0 fully saturated rings. The van der Waals surface area contributed by atoms with Gasteiger partial charge in [0.05, 0.1) is 5.75 Å². The molecule has 0 aliphatic carbocycles. The Labute approximate surface area is 103 Å². The van der Waals surface area contributed by atoms with Crippen molar-refractivity contribution in [3.05, 3.63) is 24.3 Å². The third kappa shape index (κ3) is 5.28. The highest BCUT2D eigenvalue weighted by molar-refractivity contribution is 7.92. The van der Waals surface area contributed by atoms with E-state index in [2.05, 4.69) is 9.46 Å². The molecule has 0 unspecified atom stereocenters. The summed E-state index contributed by atoms with van der Waals surface area (Å²) >= 11 is 0. The van der Waals surface area contributed by atoms with Gasteiger partial charge in [0.15, 0.2) is 0 Å². The van der Waals surface area contributed by atoms with Crippen LogP contribution in [-0.4, -0.2) is 32.5 Å². The van der Waals surface area contributed by atoms with Crippen LogP contribution in [0.5, 0.6) is 5.75 Å². The summed E-state index contributed by atoms with van der Waals surface area (Å²) in [7, 11) is -3.53. The van der Waals surface area contributed by atoms with E-state index in [4.69, 9.17) is 5.11 Å². The van der Waals surface area contributed by atoms with Crippen molar-refractivity contribution in [2.45, 2.75) is 13.0 Å². The van der Waals surface area contributed by atoms with Crippen LogP contribution in [-0.2, 0) is 10.0 Å². The van der Waals surface area contributed by atoms with E-state index in [1.807, 2.05) is 0 Å². The maximum Gasteiger partial charge on any atom is 0.387 e. The summed E-state index contributed by atoms with van der Waals surface area (Å²) in [5.41, 5.74) is 0.245. The minimum atomic E-state index is -3.53. The lowest BCUT2D eigenvalue weighted by Crippen LogP contribution is -2.17. The van der Waals surface area contributed by atoms with Crippen LogP contribution >= 0.6 is 0 Å². The summed E-state index contributed by atoms with van der Waals surface area (Å²) in [6.45, 7) is -3.14. The zero-order valence-electron chi connectivity index (χ0n) is 9.34. The maximum absolute atomic E-state index is 11.9. The molecule has 18 heavy (non-hydrogen) atoms. The van der Waals surface area contributed by atoms with Crippen molar-refractivity contribution in [2.24, 2.45) is 0 Å². The van der Waals surface area contributed by atoms with E-state index in [1.54, 1.807) is 0 Å². The third-order valence-corrected chi connectivity index (χ3v) is 3.30. The molecule has 0 amide bonds. The van der Waals surface area contributed by atoms with Gasteiger partial charge in [0, 0.05) is 12.3 Å². The van der Waals surface area contributed by atoms with Gasteiger partial charge in [0.2, 0.25) is 10.0 Å². The Kier molecular flexibility index (Phi) is 5.29. The van der Waals surface area contributed by atoms with Crippen molar-refractivity contribution in [3.63, 3.8) is 0 Å². The van der Waals surface area contributed by atoms with Gasteiger partial charge in [-0.05, 0) is 30.7 Å². The smallest absolute Gasteiger partial charge is 0.387 e. The van der Waals surface area contributed by atoms with E-state index in [0.29, 0.717) is 0 Å². The number of halogens is 2. The summed E-state index contributed by atoms with van der Waals surface area (Å²) in [5, 5.41) is 8.54. The van der Waals surface area contributed by atoms with Gasteiger partial charge in [-0.2, -0.15) is 8.78 Å². The zero-order valence-corrected chi connectivity index (χ0v) is 10.2. The van der Waals surface area contributed by atoms with E-state index >= 15 is 0 Å². The minimum Gasteiger partial charge on any atom is -0.435 e. The fourth-order valence-corrected chi connectivity index (χ4v) is 2.30. The molecule has 1 rings (SSSR count). The predicted octanol–water partition coefficient (Wildman–Crippen LogP) is 1.41. The lowest BCUT2D eigenvalue weighted by Gasteiger charge is -2.08. The topological polar surface area (TPSA) is 75.6 Å². The van der Waals surface area contributed by atoms with Gasteiger partial charge in [-0.25, -0.2) is 8.42 Å². The number of ether oxygens (including phenoxy) is 1. The minimum absolute atomic E-state index is 0.0525. The maximum atomic E-state index is 11.9. The zero-order chi connectivity index (χ0) is 13.6. The van der Waals surface area contributed by atoms with Gasteiger partial charge >= 0.3 is 6.61 Å². The van der Waals surface area contributed by atoms with Crippen molar-refractivity contribution < 1.29 is 27.0 Å². The van der Waals surface area contributed by atoms with Gasteiger partial charge < -0.3 is 9.84 Å². The lowest BCUT2D eigenvalue weighted by molar-refractivity contribution is -0.0498. The van der Waals surface area contributed by atoms with E-state index in [1.165, 1.54) is 24.3 Å². The van der Waals surface area contributed by atoms with Crippen LogP contribution in [0, 0.1) is 0 Å².